The van der Waals surface area contributed by atoms with Gasteiger partial charge in [0.05, 0.1) is 5.69 Å². The van der Waals surface area contributed by atoms with E-state index in [1.807, 2.05) is 19.9 Å². The quantitative estimate of drug-likeness (QED) is 0.921. The van der Waals surface area contributed by atoms with Crippen LogP contribution in [0.15, 0.2) is 22.7 Å². The van der Waals surface area contributed by atoms with Gasteiger partial charge in [0, 0.05) is 18.2 Å². The summed E-state index contributed by atoms with van der Waals surface area (Å²) >= 11 is 0. The zero-order valence-electron chi connectivity index (χ0n) is 11.2. The lowest BCUT2D eigenvalue weighted by Gasteiger charge is -2.13. The Bertz CT molecular complexity index is 587. The minimum absolute atomic E-state index is 0.0841. The van der Waals surface area contributed by atoms with Crippen molar-refractivity contribution in [3.8, 4) is 0 Å². The molecule has 1 heterocycles. The Hall–Kier alpha value is -1.68. The third-order valence-corrected chi connectivity index (χ3v) is 3.92. The lowest BCUT2D eigenvalue weighted by atomic mass is 10.1. The van der Waals surface area contributed by atoms with Gasteiger partial charge in [0.25, 0.3) is 0 Å². The van der Waals surface area contributed by atoms with Crippen molar-refractivity contribution in [1.82, 2.24) is 10.5 Å². The summed E-state index contributed by atoms with van der Waals surface area (Å²) in [4.78, 5) is 0. The molecule has 1 aliphatic rings. The molecule has 1 aliphatic carbocycles. The lowest BCUT2D eigenvalue weighted by Crippen LogP contribution is -2.19. The first kappa shape index (κ1) is 12.4. The van der Waals surface area contributed by atoms with E-state index < -0.39 is 0 Å². The van der Waals surface area contributed by atoms with E-state index >= 15 is 0 Å². The molecule has 1 N–H and O–H groups in total. The van der Waals surface area contributed by atoms with Gasteiger partial charge in [0.1, 0.15) is 11.6 Å². The molecule has 0 saturated carbocycles. The van der Waals surface area contributed by atoms with Crippen LogP contribution in [-0.4, -0.2) is 5.16 Å². The number of fused-ring (bicyclic) bond motifs is 1. The van der Waals surface area contributed by atoms with E-state index in [0.717, 1.165) is 41.0 Å². The Morgan fingerprint density at radius 2 is 2.26 bits per heavy atom. The number of nitrogens with zero attached hydrogens (tertiary/aromatic N) is 1. The Morgan fingerprint density at radius 1 is 1.42 bits per heavy atom. The molecule has 1 unspecified atom stereocenters. The first-order valence-corrected chi connectivity index (χ1v) is 6.59. The van der Waals surface area contributed by atoms with E-state index in [2.05, 4.69) is 10.5 Å². The molecule has 0 radical (unpaired) electrons. The minimum atomic E-state index is -0.0841. The molecule has 0 aliphatic heterocycles. The highest BCUT2D eigenvalue weighted by molar-refractivity contribution is 5.35. The maximum atomic E-state index is 13.7. The van der Waals surface area contributed by atoms with Gasteiger partial charge in [-0.3, -0.25) is 0 Å². The van der Waals surface area contributed by atoms with E-state index in [9.17, 15) is 4.39 Å². The predicted octanol–water partition coefficient (Wildman–Crippen LogP) is 3.21. The predicted molar refractivity (Wildman–Crippen MR) is 70.3 cm³/mol. The summed E-state index contributed by atoms with van der Waals surface area (Å²) < 4.78 is 18.8. The zero-order chi connectivity index (χ0) is 13.4. The average molecular weight is 260 g/mol. The van der Waals surface area contributed by atoms with Crippen LogP contribution in [0.3, 0.4) is 0 Å². The molecule has 4 heteroatoms. The second kappa shape index (κ2) is 4.78. The van der Waals surface area contributed by atoms with Gasteiger partial charge >= 0.3 is 0 Å². The first-order valence-electron chi connectivity index (χ1n) is 6.59. The normalized spacial score (nSPS) is 17.7. The van der Waals surface area contributed by atoms with Crippen LogP contribution in [0.4, 0.5) is 4.39 Å². The highest BCUT2D eigenvalue weighted by Crippen LogP contribution is 2.33. The van der Waals surface area contributed by atoms with Crippen LogP contribution < -0.4 is 5.32 Å². The van der Waals surface area contributed by atoms with Crippen LogP contribution in [0.1, 0.15) is 40.6 Å². The second-order valence-corrected chi connectivity index (χ2v) is 5.08. The molecule has 1 aromatic heterocycles. The summed E-state index contributed by atoms with van der Waals surface area (Å²) in [7, 11) is 0. The highest BCUT2D eigenvalue weighted by atomic mass is 19.1. The fourth-order valence-electron chi connectivity index (χ4n) is 2.80. The molecule has 0 amide bonds. The molecular formula is C15H17FN2O. The van der Waals surface area contributed by atoms with Crippen LogP contribution in [0.25, 0.3) is 0 Å². The van der Waals surface area contributed by atoms with E-state index in [-0.39, 0.29) is 11.9 Å². The summed E-state index contributed by atoms with van der Waals surface area (Å²) in [5, 5.41) is 7.43. The van der Waals surface area contributed by atoms with E-state index in [4.69, 9.17) is 4.52 Å². The second-order valence-electron chi connectivity index (χ2n) is 5.08. The third kappa shape index (κ3) is 2.16. The van der Waals surface area contributed by atoms with Gasteiger partial charge in [-0.2, -0.15) is 0 Å². The fraction of sp³-hybridized carbons (Fsp3) is 0.400. The van der Waals surface area contributed by atoms with Crippen LogP contribution in [0.2, 0.25) is 0 Å². The van der Waals surface area contributed by atoms with Crippen LogP contribution >= 0.6 is 0 Å². The molecule has 1 atom stereocenters. The van der Waals surface area contributed by atoms with Gasteiger partial charge in [-0.05, 0) is 43.9 Å². The molecule has 1 aromatic carbocycles. The van der Waals surface area contributed by atoms with Crippen molar-refractivity contribution in [2.45, 2.75) is 39.3 Å². The Morgan fingerprint density at radius 3 is 3.00 bits per heavy atom. The van der Waals surface area contributed by atoms with Crippen molar-refractivity contribution in [2.24, 2.45) is 0 Å². The number of aromatic nitrogens is 1. The molecule has 2 aromatic rings. The number of benzene rings is 1. The van der Waals surface area contributed by atoms with Crippen molar-refractivity contribution < 1.29 is 8.91 Å². The van der Waals surface area contributed by atoms with Gasteiger partial charge in [-0.25, -0.2) is 4.39 Å². The number of aryl methyl sites for hydroxylation is 2. The third-order valence-electron chi connectivity index (χ3n) is 3.92. The van der Waals surface area contributed by atoms with Crippen molar-refractivity contribution in [2.75, 3.05) is 0 Å². The van der Waals surface area contributed by atoms with E-state index in [0.29, 0.717) is 6.54 Å². The SMILES string of the molecule is Cc1noc(C)c1CNC1CCc2c(F)cccc21. The summed E-state index contributed by atoms with van der Waals surface area (Å²) in [6.07, 6.45) is 1.75. The maximum absolute atomic E-state index is 13.7. The van der Waals surface area contributed by atoms with Gasteiger partial charge in [-0.1, -0.05) is 17.3 Å². The monoisotopic (exact) mass is 260 g/mol. The number of hydrogen-bond acceptors (Lipinski definition) is 3. The van der Waals surface area contributed by atoms with Crippen LogP contribution in [0, 0.1) is 19.7 Å². The highest BCUT2D eigenvalue weighted by Gasteiger charge is 2.24. The lowest BCUT2D eigenvalue weighted by molar-refractivity contribution is 0.391. The molecule has 19 heavy (non-hydrogen) atoms. The molecule has 100 valence electrons. The summed E-state index contributed by atoms with van der Waals surface area (Å²) in [5.41, 5.74) is 3.97. The molecule has 0 spiro atoms. The van der Waals surface area contributed by atoms with Gasteiger partial charge < -0.3 is 9.84 Å². The summed E-state index contributed by atoms with van der Waals surface area (Å²) in [6.45, 7) is 4.57. The zero-order valence-corrected chi connectivity index (χ0v) is 11.2. The summed E-state index contributed by atoms with van der Waals surface area (Å²) in [5.74, 6) is 0.765. The standard InChI is InChI=1S/C15H17FN2O/c1-9-13(10(2)19-18-9)8-17-15-7-6-11-12(15)4-3-5-14(11)16/h3-5,15,17H,6-8H2,1-2H3. The number of nitrogens with one attached hydrogen (secondary N) is 1. The number of rotatable bonds is 3. The Kier molecular flexibility index (Phi) is 3.11. The Balaban J connectivity index is 1.76. The summed E-state index contributed by atoms with van der Waals surface area (Å²) in [6, 6.07) is 5.55. The van der Waals surface area contributed by atoms with Gasteiger partial charge in [-0.15, -0.1) is 0 Å². The molecule has 3 rings (SSSR count). The maximum Gasteiger partial charge on any atom is 0.138 e. The number of halogens is 1. The minimum Gasteiger partial charge on any atom is -0.361 e. The number of hydrogen-bond donors (Lipinski definition) is 1. The van der Waals surface area contributed by atoms with Crippen molar-refractivity contribution >= 4 is 0 Å². The molecule has 0 saturated heterocycles. The molecule has 0 fully saturated rings. The van der Waals surface area contributed by atoms with Crippen molar-refractivity contribution in [3.05, 3.63) is 52.2 Å². The Labute approximate surface area is 111 Å². The first-order chi connectivity index (χ1) is 9.16. The van der Waals surface area contributed by atoms with Crippen LogP contribution in [0.5, 0.6) is 0 Å². The molecule has 3 nitrogen and oxygen atoms in total. The van der Waals surface area contributed by atoms with Crippen molar-refractivity contribution in [3.63, 3.8) is 0 Å². The van der Waals surface area contributed by atoms with E-state index in [1.54, 1.807) is 6.07 Å². The van der Waals surface area contributed by atoms with Gasteiger partial charge in [0.2, 0.25) is 0 Å². The average Bonchev–Trinajstić information content (AvgIpc) is 2.94. The van der Waals surface area contributed by atoms with Gasteiger partial charge in [0.15, 0.2) is 0 Å². The van der Waals surface area contributed by atoms with Crippen LogP contribution in [-0.2, 0) is 13.0 Å². The van der Waals surface area contributed by atoms with Crippen molar-refractivity contribution in [1.29, 1.82) is 0 Å². The molecule has 0 bridgehead atoms. The largest absolute Gasteiger partial charge is 0.361 e. The fourth-order valence-corrected chi connectivity index (χ4v) is 2.80. The topological polar surface area (TPSA) is 38.1 Å². The van der Waals surface area contributed by atoms with E-state index in [1.165, 1.54) is 6.07 Å². The molecular weight excluding hydrogens is 243 g/mol. The smallest absolute Gasteiger partial charge is 0.138 e.